The molecule has 146 valence electrons. The number of methoxy groups -OCH3 is 2. The van der Waals surface area contributed by atoms with Crippen molar-refractivity contribution in [3.8, 4) is 11.5 Å². The Hall–Kier alpha value is -2.24. The summed E-state index contributed by atoms with van der Waals surface area (Å²) in [4.78, 5) is 12.9. The summed E-state index contributed by atoms with van der Waals surface area (Å²) < 4.78 is 10.7. The molecule has 1 unspecified atom stereocenters. The van der Waals surface area contributed by atoms with Crippen molar-refractivity contribution in [3.05, 3.63) is 59.7 Å². The number of carbonyl (C=O) groups excluding carboxylic acids is 1. The number of ether oxygens (including phenoxy) is 2. The summed E-state index contributed by atoms with van der Waals surface area (Å²) in [5, 5.41) is 6.54. The van der Waals surface area contributed by atoms with Gasteiger partial charge in [0.1, 0.15) is 11.5 Å². The second-order valence-electron chi connectivity index (χ2n) is 6.54. The van der Waals surface area contributed by atoms with Gasteiger partial charge in [0.25, 0.3) is 0 Å². The van der Waals surface area contributed by atoms with E-state index in [1.165, 1.54) is 0 Å². The Labute approximate surface area is 166 Å². The molecule has 1 amide bonds. The molecule has 2 N–H and O–H groups in total. The van der Waals surface area contributed by atoms with Gasteiger partial charge in [0.2, 0.25) is 5.91 Å². The number of carbonyl (C=O) groups is 1. The van der Waals surface area contributed by atoms with Crippen LogP contribution < -0.4 is 20.1 Å². The standard InChI is InChI=1S/C21H26N2O3.ClH/c1-25-18-9-3-6-15(12-18)20(16-7-4-10-19(13-16)26-2)23-21(24)17-8-5-11-22-14-17;/h3-4,6-7,9-10,12-13,17,20,22H,5,8,11,14H2,1-2H3,(H,23,24);1H. The van der Waals surface area contributed by atoms with Gasteiger partial charge in [0.15, 0.2) is 0 Å². The number of amides is 1. The second kappa shape index (κ2) is 10.2. The van der Waals surface area contributed by atoms with Gasteiger partial charge in [-0.3, -0.25) is 4.79 Å². The molecule has 1 aliphatic rings. The fourth-order valence-electron chi connectivity index (χ4n) is 3.34. The lowest BCUT2D eigenvalue weighted by molar-refractivity contribution is -0.126. The van der Waals surface area contributed by atoms with Crippen LogP contribution in [-0.4, -0.2) is 33.2 Å². The van der Waals surface area contributed by atoms with Crippen molar-refractivity contribution in [3.63, 3.8) is 0 Å². The number of hydrogen-bond acceptors (Lipinski definition) is 4. The quantitative estimate of drug-likeness (QED) is 0.794. The Morgan fingerprint density at radius 1 is 1.07 bits per heavy atom. The van der Waals surface area contributed by atoms with E-state index < -0.39 is 0 Å². The van der Waals surface area contributed by atoms with E-state index in [4.69, 9.17) is 9.47 Å². The lowest BCUT2D eigenvalue weighted by atomic mass is 9.95. The zero-order valence-electron chi connectivity index (χ0n) is 15.7. The van der Waals surface area contributed by atoms with Gasteiger partial charge >= 0.3 is 0 Å². The normalized spacial score (nSPS) is 16.3. The van der Waals surface area contributed by atoms with Crippen molar-refractivity contribution < 1.29 is 14.3 Å². The van der Waals surface area contributed by atoms with Crippen LogP contribution in [0.4, 0.5) is 0 Å². The minimum atomic E-state index is -0.255. The monoisotopic (exact) mass is 390 g/mol. The molecule has 0 radical (unpaired) electrons. The fourth-order valence-corrected chi connectivity index (χ4v) is 3.34. The van der Waals surface area contributed by atoms with Gasteiger partial charge in [-0.15, -0.1) is 12.4 Å². The number of hydrogen-bond donors (Lipinski definition) is 2. The number of nitrogens with one attached hydrogen (secondary N) is 2. The average Bonchev–Trinajstić information content (AvgIpc) is 2.72. The smallest absolute Gasteiger partial charge is 0.225 e. The zero-order chi connectivity index (χ0) is 18.4. The van der Waals surface area contributed by atoms with E-state index >= 15 is 0 Å². The molecule has 1 heterocycles. The topological polar surface area (TPSA) is 59.6 Å². The summed E-state index contributed by atoms with van der Waals surface area (Å²) in [5.74, 6) is 1.61. The molecule has 1 fully saturated rings. The molecule has 0 spiro atoms. The largest absolute Gasteiger partial charge is 0.497 e. The fraction of sp³-hybridized carbons (Fsp3) is 0.381. The van der Waals surface area contributed by atoms with Gasteiger partial charge in [-0.25, -0.2) is 0 Å². The Kier molecular flexibility index (Phi) is 7.95. The Morgan fingerprint density at radius 2 is 1.67 bits per heavy atom. The SMILES string of the molecule is COc1cccc(C(NC(=O)C2CCCNC2)c2cccc(OC)c2)c1.Cl. The highest BCUT2D eigenvalue weighted by Gasteiger charge is 2.25. The lowest BCUT2D eigenvalue weighted by Crippen LogP contribution is -2.42. The van der Waals surface area contributed by atoms with Crippen molar-refractivity contribution in [1.29, 1.82) is 0 Å². The number of benzene rings is 2. The van der Waals surface area contributed by atoms with E-state index in [0.29, 0.717) is 0 Å². The van der Waals surface area contributed by atoms with Crippen LogP contribution in [0.2, 0.25) is 0 Å². The van der Waals surface area contributed by atoms with Crippen LogP contribution in [0.25, 0.3) is 0 Å². The molecule has 0 aliphatic carbocycles. The van der Waals surface area contributed by atoms with Gasteiger partial charge in [-0.2, -0.15) is 0 Å². The van der Waals surface area contributed by atoms with Crippen LogP contribution in [0.15, 0.2) is 48.5 Å². The van der Waals surface area contributed by atoms with Gasteiger partial charge in [0.05, 0.1) is 26.2 Å². The lowest BCUT2D eigenvalue weighted by Gasteiger charge is -2.26. The Balaban J connectivity index is 0.00000261. The molecule has 2 aromatic carbocycles. The predicted octanol–water partition coefficient (Wildman–Crippen LogP) is 3.33. The summed E-state index contributed by atoms with van der Waals surface area (Å²) in [6.45, 7) is 1.72. The van der Waals surface area contributed by atoms with Crippen molar-refractivity contribution >= 4 is 18.3 Å². The second-order valence-corrected chi connectivity index (χ2v) is 6.54. The number of halogens is 1. The minimum absolute atomic E-state index is 0. The van der Waals surface area contributed by atoms with E-state index in [2.05, 4.69) is 10.6 Å². The van der Waals surface area contributed by atoms with Crippen LogP contribution in [0.3, 0.4) is 0 Å². The van der Waals surface area contributed by atoms with Gasteiger partial charge in [-0.1, -0.05) is 24.3 Å². The maximum Gasteiger partial charge on any atom is 0.225 e. The van der Waals surface area contributed by atoms with Gasteiger partial charge in [0, 0.05) is 6.54 Å². The van der Waals surface area contributed by atoms with E-state index in [-0.39, 0.29) is 30.3 Å². The molecule has 2 aromatic rings. The molecule has 1 aliphatic heterocycles. The maximum absolute atomic E-state index is 12.9. The van der Waals surface area contributed by atoms with Crippen LogP contribution in [0.1, 0.15) is 30.0 Å². The number of piperidine rings is 1. The van der Waals surface area contributed by atoms with Crippen LogP contribution in [-0.2, 0) is 4.79 Å². The van der Waals surface area contributed by atoms with Crippen molar-refractivity contribution in [2.45, 2.75) is 18.9 Å². The third-order valence-electron chi connectivity index (χ3n) is 4.81. The predicted molar refractivity (Wildman–Crippen MR) is 109 cm³/mol. The molecule has 3 rings (SSSR count). The van der Waals surface area contributed by atoms with E-state index in [1.807, 2.05) is 48.5 Å². The van der Waals surface area contributed by atoms with Crippen molar-refractivity contribution in [2.24, 2.45) is 5.92 Å². The first kappa shape index (κ1) is 21.1. The minimum Gasteiger partial charge on any atom is -0.497 e. The highest BCUT2D eigenvalue weighted by Crippen LogP contribution is 2.28. The Morgan fingerprint density at radius 3 is 2.15 bits per heavy atom. The Bertz CT molecular complexity index is 700. The summed E-state index contributed by atoms with van der Waals surface area (Å²) in [6.07, 6.45) is 1.95. The molecule has 6 heteroatoms. The zero-order valence-corrected chi connectivity index (χ0v) is 16.6. The van der Waals surface area contributed by atoms with E-state index in [1.54, 1.807) is 14.2 Å². The molecule has 0 aromatic heterocycles. The summed E-state index contributed by atoms with van der Waals surface area (Å²) >= 11 is 0. The molecule has 1 atom stereocenters. The van der Waals surface area contributed by atoms with Gasteiger partial charge < -0.3 is 20.1 Å². The van der Waals surface area contributed by atoms with E-state index in [0.717, 1.165) is 48.6 Å². The molecule has 5 nitrogen and oxygen atoms in total. The van der Waals surface area contributed by atoms with Crippen LogP contribution in [0, 0.1) is 5.92 Å². The van der Waals surface area contributed by atoms with E-state index in [9.17, 15) is 4.79 Å². The van der Waals surface area contributed by atoms with Crippen LogP contribution >= 0.6 is 12.4 Å². The summed E-state index contributed by atoms with van der Waals surface area (Å²) in [6, 6.07) is 15.4. The first-order valence-electron chi connectivity index (χ1n) is 9.00. The molecule has 1 saturated heterocycles. The molecule has 0 saturated carbocycles. The molecular formula is C21H27ClN2O3. The van der Waals surface area contributed by atoms with Crippen molar-refractivity contribution in [2.75, 3.05) is 27.3 Å². The molecule has 27 heavy (non-hydrogen) atoms. The molecular weight excluding hydrogens is 364 g/mol. The average molecular weight is 391 g/mol. The van der Waals surface area contributed by atoms with Crippen molar-refractivity contribution in [1.82, 2.24) is 10.6 Å². The highest BCUT2D eigenvalue weighted by atomic mass is 35.5. The number of rotatable bonds is 6. The summed E-state index contributed by atoms with van der Waals surface area (Å²) in [5.41, 5.74) is 1.96. The summed E-state index contributed by atoms with van der Waals surface area (Å²) in [7, 11) is 3.29. The maximum atomic E-state index is 12.9. The highest BCUT2D eigenvalue weighted by molar-refractivity contribution is 5.85. The third kappa shape index (κ3) is 5.37. The molecule has 0 bridgehead atoms. The first-order valence-corrected chi connectivity index (χ1v) is 9.00. The van der Waals surface area contributed by atoms with Gasteiger partial charge in [-0.05, 0) is 54.8 Å². The third-order valence-corrected chi connectivity index (χ3v) is 4.81. The first-order chi connectivity index (χ1) is 12.7. The van der Waals surface area contributed by atoms with Crippen LogP contribution in [0.5, 0.6) is 11.5 Å².